The monoisotopic (exact) mass is 486 g/mol. The molecule has 0 aromatic carbocycles. The highest BCUT2D eigenvalue weighted by Gasteiger charge is 2.31. The Labute approximate surface area is 198 Å². The van der Waals surface area contributed by atoms with Gasteiger partial charge in [-0.25, -0.2) is 4.79 Å². The van der Waals surface area contributed by atoms with Gasteiger partial charge in [0.1, 0.15) is 18.1 Å². The van der Waals surface area contributed by atoms with Gasteiger partial charge in [0.05, 0.1) is 12.5 Å². The van der Waals surface area contributed by atoms with E-state index in [4.69, 9.17) is 17.2 Å². The predicted molar refractivity (Wildman–Crippen MR) is 123 cm³/mol. The fourth-order valence-electron chi connectivity index (χ4n) is 3.06. The molecule has 0 radical (unpaired) electrons. The van der Waals surface area contributed by atoms with Crippen molar-refractivity contribution in [3.05, 3.63) is 0 Å². The zero-order valence-corrected chi connectivity index (χ0v) is 20.1. The van der Waals surface area contributed by atoms with Crippen LogP contribution in [0.5, 0.6) is 0 Å². The average Bonchev–Trinajstić information content (AvgIpc) is 2.68. The molecule has 0 aliphatic rings. The number of nitrogens with two attached hydrogens (primary N) is 3. The maximum Gasteiger partial charge on any atom is 0.326 e. The van der Waals surface area contributed by atoms with Crippen LogP contribution < -0.4 is 33.2 Å². The largest absolute Gasteiger partial charge is 0.480 e. The zero-order valence-electron chi connectivity index (χ0n) is 20.1. The van der Waals surface area contributed by atoms with Crippen molar-refractivity contribution >= 4 is 35.5 Å². The van der Waals surface area contributed by atoms with Crippen LogP contribution in [-0.2, 0) is 28.8 Å². The van der Waals surface area contributed by atoms with Gasteiger partial charge in [0.15, 0.2) is 0 Å². The molecule has 4 atom stereocenters. The van der Waals surface area contributed by atoms with Crippen molar-refractivity contribution in [1.82, 2.24) is 16.0 Å². The van der Waals surface area contributed by atoms with Crippen molar-refractivity contribution in [1.29, 1.82) is 0 Å². The molecule has 194 valence electrons. The lowest BCUT2D eigenvalue weighted by Gasteiger charge is -2.26. The summed E-state index contributed by atoms with van der Waals surface area (Å²) in [6, 6.07) is -4.88. The molecule has 0 saturated heterocycles. The third-order valence-electron chi connectivity index (χ3n) is 4.74. The molecule has 4 unspecified atom stereocenters. The van der Waals surface area contributed by atoms with E-state index >= 15 is 0 Å². The molecule has 0 fully saturated rings. The first-order valence-corrected chi connectivity index (χ1v) is 11.1. The number of primary amides is 2. The molecular formula is C21H38N6O7. The number of carbonyl (C=O) groups excluding carboxylic acids is 5. The molecule has 0 spiro atoms. The second-order valence-electron chi connectivity index (χ2n) is 9.06. The van der Waals surface area contributed by atoms with E-state index in [-0.39, 0.29) is 37.5 Å². The van der Waals surface area contributed by atoms with Crippen LogP contribution in [0.1, 0.15) is 59.8 Å². The minimum atomic E-state index is -1.43. The minimum Gasteiger partial charge on any atom is -0.480 e. The third kappa shape index (κ3) is 12.7. The van der Waals surface area contributed by atoms with Crippen LogP contribution in [0.2, 0.25) is 0 Å². The fourth-order valence-corrected chi connectivity index (χ4v) is 3.06. The summed E-state index contributed by atoms with van der Waals surface area (Å²) < 4.78 is 0. The van der Waals surface area contributed by atoms with E-state index in [1.807, 2.05) is 0 Å². The molecule has 13 nitrogen and oxygen atoms in total. The van der Waals surface area contributed by atoms with E-state index in [9.17, 15) is 33.9 Å². The Bertz CT molecular complexity index is 756. The maximum absolute atomic E-state index is 12.9. The standard InChI is InChI=1S/C21H38N6O7/c1-10(2)7-13(19(31)27-15(21(33)34)8-11(3)4)26-20(32)14(9-17(24)29)25-18(30)12(22)5-6-16(23)28/h10-15H,5-9,22H2,1-4H3,(H2,23,28)(H2,24,29)(H,25,30)(H,26,32)(H,27,31)(H,33,34). The highest BCUT2D eigenvalue weighted by Crippen LogP contribution is 2.09. The Morgan fingerprint density at radius 2 is 1.15 bits per heavy atom. The molecule has 10 N–H and O–H groups in total. The van der Waals surface area contributed by atoms with Crippen LogP contribution in [-0.4, -0.2) is 64.8 Å². The summed E-state index contributed by atoms with van der Waals surface area (Å²) in [6.07, 6.45) is -0.439. The first kappa shape index (κ1) is 30.8. The van der Waals surface area contributed by atoms with Gasteiger partial charge in [-0.1, -0.05) is 27.7 Å². The fraction of sp³-hybridized carbons (Fsp3) is 0.714. The topological polar surface area (TPSA) is 237 Å². The summed E-state index contributed by atoms with van der Waals surface area (Å²) in [7, 11) is 0. The zero-order chi connectivity index (χ0) is 26.6. The summed E-state index contributed by atoms with van der Waals surface area (Å²) in [5, 5.41) is 16.6. The number of carboxylic acids is 1. The number of rotatable bonds is 16. The van der Waals surface area contributed by atoms with Crippen molar-refractivity contribution in [3.63, 3.8) is 0 Å². The van der Waals surface area contributed by atoms with Crippen LogP contribution in [0.15, 0.2) is 0 Å². The Morgan fingerprint density at radius 3 is 1.59 bits per heavy atom. The van der Waals surface area contributed by atoms with E-state index < -0.39 is 66.1 Å². The highest BCUT2D eigenvalue weighted by atomic mass is 16.4. The van der Waals surface area contributed by atoms with Crippen LogP contribution in [0.3, 0.4) is 0 Å². The third-order valence-corrected chi connectivity index (χ3v) is 4.74. The highest BCUT2D eigenvalue weighted by molar-refractivity contribution is 5.96. The van der Waals surface area contributed by atoms with E-state index in [1.165, 1.54) is 0 Å². The normalized spacial score (nSPS) is 14.6. The van der Waals surface area contributed by atoms with Crippen molar-refractivity contribution < 1.29 is 33.9 Å². The van der Waals surface area contributed by atoms with E-state index in [2.05, 4.69) is 16.0 Å². The quantitative estimate of drug-likeness (QED) is 0.129. The predicted octanol–water partition coefficient (Wildman–Crippen LogP) is -1.91. The van der Waals surface area contributed by atoms with Crippen molar-refractivity contribution in [2.45, 2.75) is 84.0 Å². The number of amides is 5. The number of aliphatic carboxylic acids is 1. The van der Waals surface area contributed by atoms with Crippen LogP contribution in [0.4, 0.5) is 0 Å². The van der Waals surface area contributed by atoms with Gasteiger partial charge < -0.3 is 38.3 Å². The molecular weight excluding hydrogens is 448 g/mol. The van der Waals surface area contributed by atoms with E-state index in [0.717, 1.165) is 0 Å². The van der Waals surface area contributed by atoms with Crippen molar-refractivity contribution in [2.75, 3.05) is 0 Å². The number of nitrogens with one attached hydrogen (secondary N) is 3. The summed E-state index contributed by atoms with van der Waals surface area (Å²) in [6.45, 7) is 7.22. The molecule has 0 bridgehead atoms. The first-order chi connectivity index (χ1) is 15.6. The van der Waals surface area contributed by atoms with Gasteiger partial charge in [-0.05, 0) is 31.1 Å². The van der Waals surface area contributed by atoms with Gasteiger partial charge in [-0.15, -0.1) is 0 Å². The van der Waals surface area contributed by atoms with Gasteiger partial charge in [0, 0.05) is 6.42 Å². The van der Waals surface area contributed by atoms with Gasteiger partial charge in [-0.3, -0.25) is 24.0 Å². The summed E-state index contributed by atoms with van der Waals surface area (Å²) >= 11 is 0. The first-order valence-electron chi connectivity index (χ1n) is 11.1. The lowest BCUT2D eigenvalue weighted by molar-refractivity contribution is -0.143. The molecule has 0 aliphatic heterocycles. The van der Waals surface area contributed by atoms with Gasteiger partial charge in [-0.2, -0.15) is 0 Å². The number of hydrogen-bond acceptors (Lipinski definition) is 7. The Morgan fingerprint density at radius 1 is 0.706 bits per heavy atom. The number of carboxylic acid groups (broad SMARTS) is 1. The van der Waals surface area contributed by atoms with Crippen molar-refractivity contribution in [2.24, 2.45) is 29.0 Å². The van der Waals surface area contributed by atoms with Crippen molar-refractivity contribution in [3.8, 4) is 0 Å². The Hall–Kier alpha value is -3.22. The molecule has 0 aromatic rings. The Balaban J connectivity index is 5.50. The smallest absolute Gasteiger partial charge is 0.326 e. The summed E-state index contributed by atoms with van der Waals surface area (Å²) in [5.74, 6) is -5.21. The second kappa shape index (κ2) is 14.8. The van der Waals surface area contributed by atoms with E-state index in [1.54, 1.807) is 27.7 Å². The lowest BCUT2D eigenvalue weighted by atomic mass is 10.00. The van der Waals surface area contributed by atoms with Gasteiger partial charge >= 0.3 is 5.97 Å². The van der Waals surface area contributed by atoms with Crippen LogP contribution >= 0.6 is 0 Å². The van der Waals surface area contributed by atoms with E-state index in [0.29, 0.717) is 0 Å². The molecule has 0 saturated carbocycles. The summed E-state index contributed by atoms with van der Waals surface area (Å²) in [4.78, 5) is 71.8. The van der Waals surface area contributed by atoms with Crippen LogP contribution in [0, 0.1) is 11.8 Å². The average molecular weight is 487 g/mol. The van der Waals surface area contributed by atoms with Crippen LogP contribution in [0.25, 0.3) is 0 Å². The molecule has 5 amide bonds. The number of hydrogen-bond donors (Lipinski definition) is 7. The van der Waals surface area contributed by atoms with Gasteiger partial charge in [0.2, 0.25) is 29.5 Å². The molecule has 34 heavy (non-hydrogen) atoms. The molecule has 0 heterocycles. The lowest BCUT2D eigenvalue weighted by Crippen LogP contribution is -2.58. The minimum absolute atomic E-state index is 0.00604. The molecule has 0 rings (SSSR count). The second-order valence-corrected chi connectivity index (χ2v) is 9.06. The molecule has 0 aromatic heterocycles. The molecule has 0 aliphatic carbocycles. The maximum atomic E-state index is 12.9. The molecule has 13 heteroatoms. The SMILES string of the molecule is CC(C)CC(NC(=O)C(CC(C)C)NC(=O)C(CC(N)=O)NC(=O)C(N)CCC(N)=O)C(=O)O. The number of carbonyl (C=O) groups is 6. The Kier molecular flexibility index (Phi) is 13.4. The van der Waals surface area contributed by atoms with Gasteiger partial charge in [0.25, 0.3) is 0 Å². The summed E-state index contributed by atoms with van der Waals surface area (Å²) in [5.41, 5.74) is 15.9.